The Morgan fingerprint density at radius 3 is 1.64 bits per heavy atom. The third kappa shape index (κ3) is 5.33. The zero-order chi connectivity index (χ0) is 35.5. The number of pyridine rings is 1. The molecule has 10 aromatic rings. The molecule has 3 heterocycles. The van der Waals surface area contributed by atoms with Gasteiger partial charge in [-0.3, -0.25) is 0 Å². The van der Waals surface area contributed by atoms with Gasteiger partial charge in [-0.2, -0.15) is 0 Å². The van der Waals surface area contributed by atoms with Gasteiger partial charge in [-0.25, -0.2) is 19.9 Å². The summed E-state index contributed by atoms with van der Waals surface area (Å²) in [6.07, 6.45) is 0. The average molecular weight is 681 g/mol. The van der Waals surface area contributed by atoms with E-state index >= 15 is 0 Å². The van der Waals surface area contributed by atoms with Crippen LogP contribution in [0.4, 0.5) is 0 Å². The van der Waals surface area contributed by atoms with E-state index in [9.17, 15) is 0 Å². The van der Waals surface area contributed by atoms with Crippen LogP contribution in [0, 0.1) is 13.8 Å². The Hall–Kier alpha value is -6.98. The molecule has 0 saturated carbocycles. The fraction of sp³-hybridized carbons (Fsp3) is 0.0417. The Morgan fingerprint density at radius 2 is 0.943 bits per heavy atom. The second-order valence-corrected chi connectivity index (χ2v) is 13.6. The largest absolute Gasteiger partial charge is 0.456 e. The SMILES string of the molecule is Cc1ccc(-c2nc(-c3ccc(C)cc3)nc(-c3cccc(-c4nc5ccccc5c5c(-c6ccccc6)c6c(cc45)oc4ccccc46)c3)n2)cc1. The summed E-state index contributed by atoms with van der Waals surface area (Å²) in [7, 11) is 0. The Morgan fingerprint density at radius 1 is 0.377 bits per heavy atom. The van der Waals surface area contributed by atoms with E-state index in [1.165, 1.54) is 11.1 Å². The fourth-order valence-corrected chi connectivity index (χ4v) is 7.40. The second-order valence-electron chi connectivity index (χ2n) is 13.6. The number of benzene rings is 7. The standard InChI is InChI=1S/C48H32N4O/c1-29-19-23-32(24-20-29)46-50-47(33-25-21-30(2)22-26-33)52-48(51-46)35-14-10-13-34(27-35)45-38-28-41-44(37-16-7-9-18-40(37)53-41)42(31-11-4-3-5-12-31)43(38)36-15-6-8-17-39(36)49-45/h3-28H,1-2H3. The van der Waals surface area contributed by atoms with Crippen LogP contribution in [-0.2, 0) is 0 Å². The second kappa shape index (κ2) is 12.4. The number of para-hydroxylation sites is 2. The van der Waals surface area contributed by atoms with Gasteiger partial charge in [0.2, 0.25) is 0 Å². The number of furan rings is 1. The molecular formula is C48H32N4O. The number of rotatable bonds is 5. The quantitative estimate of drug-likeness (QED) is 0.169. The summed E-state index contributed by atoms with van der Waals surface area (Å²) in [6.45, 7) is 4.16. The summed E-state index contributed by atoms with van der Waals surface area (Å²) in [4.78, 5) is 20.4. The molecule has 0 aliphatic carbocycles. The van der Waals surface area contributed by atoms with Gasteiger partial charge in [0.15, 0.2) is 17.5 Å². The molecule has 0 N–H and O–H groups in total. The molecule has 3 aromatic heterocycles. The van der Waals surface area contributed by atoms with Crippen LogP contribution in [0.5, 0.6) is 0 Å². The number of aryl methyl sites for hydroxylation is 2. The minimum atomic E-state index is 0.600. The molecule has 5 heteroatoms. The first-order valence-corrected chi connectivity index (χ1v) is 17.8. The maximum Gasteiger partial charge on any atom is 0.164 e. The molecule has 0 bridgehead atoms. The summed E-state index contributed by atoms with van der Waals surface area (Å²) in [5.74, 6) is 1.86. The predicted molar refractivity (Wildman–Crippen MR) is 217 cm³/mol. The summed E-state index contributed by atoms with van der Waals surface area (Å²) in [5, 5.41) is 5.45. The molecule has 7 aromatic carbocycles. The number of hydrogen-bond acceptors (Lipinski definition) is 5. The van der Waals surface area contributed by atoms with Gasteiger partial charge in [-0.05, 0) is 43.7 Å². The van der Waals surface area contributed by atoms with Crippen molar-refractivity contribution in [3.8, 4) is 56.5 Å². The molecule has 0 amide bonds. The maximum absolute atomic E-state index is 6.59. The van der Waals surface area contributed by atoms with E-state index in [0.717, 1.165) is 82.7 Å². The van der Waals surface area contributed by atoms with E-state index in [4.69, 9.17) is 24.4 Å². The first kappa shape index (κ1) is 30.8. The molecule has 53 heavy (non-hydrogen) atoms. The normalized spacial score (nSPS) is 11.6. The predicted octanol–water partition coefficient (Wildman–Crippen LogP) is 12.4. The Labute approximate surface area is 306 Å². The summed E-state index contributed by atoms with van der Waals surface area (Å²) in [5.41, 5.74) is 11.8. The third-order valence-electron chi connectivity index (χ3n) is 10.0. The van der Waals surface area contributed by atoms with Crippen LogP contribution in [0.1, 0.15) is 11.1 Å². The molecule has 0 fully saturated rings. The minimum Gasteiger partial charge on any atom is -0.456 e. The number of fused-ring (bicyclic) bond motifs is 6. The molecule has 0 spiro atoms. The molecule has 10 rings (SSSR count). The molecule has 0 saturated heterocycles. The van der Waals surface area contributed by atoms with Gasteiger partial charge in [0.1, 0.15) is 11.2 Å². The van der Waals surface area contributed by atoms with Crippen LogP contribution in [-0.4, -0.2) is 19.9 Å². The molecule has 0 unspecified atom stereocenters. The van der Waals surface area contributed by atoms with E-state index < -0.39 is 0 Å². The van der Waals surface area contributed by atoms with Gasteiger partial charge in [-0.15, -0.1) is 0 Å². The number of aromatic nitrogens is 4. The van der Waals surface area contributed by atoms with Crippen molar-refractivity contribution < 1.29 is 4.42 Å². The van der Waals surface area contributed by atoms with Crippen LogP contribution in [0.25, 0.3) is 100 Å². The van der Waals surface area contributed by atoms with Crippen LogP contribution in [0.15, 0.2) is 162 Å². The molecule has 0 radical (unpaired) electrons. The lowest BCUT2D eigenvalue weighted by Crippen LogP contribution is -2.00. The molecule has 0 aliphatic rings. The summed E-state index contributed by atoms with van der Waals surface area (Å²) >= 11 is 0. The van der Waals surface area contributed by atoms with E-state index in [-0.39, 0.29) is 0 Å². The maximum atomic E-state index is 6.59. The van der Waals surface area contributed by atoms with Crippen molar-refractivity contribution >= 4 is 43.6 Å². The zero-order valence-electron chi connectivity index (χ0n) is 29.2. The van der Waals surface area contributed by atoms with Crippen molar-refractivity contribution in [3.05, 3.63) is 169 Å². The van der Waals surface area contributed by atoms with Crippen LogP contribution < -0.4 is 0 Å². The lowest BCUT2D eigenvalue weighted by molar-refractivity contribution is 0.669. The summed E-state index contributed by atoms with van der Waals surface area (Å²) < 4.78 is 6.59. The van der Waals surface area contributed by atoms with E-state index in [2.05, 4.69) is 159 Å². The van der Waals surface area contributed by atoms with Crippen molar-refractivity contribution in [2.75, 3.05) is 0 Å². The van der Waals surface area contributed by atoms with Crippen LogP contribution in [0.3, 0.4) is 0 Å². The van der Waals surface area contributed by atoms with Gasteiger partial charge in [0.25, 0.3) is 0 Å². The van der Waals surface area contributed by atoms with Gasteiger partial charge < -0.3 is 4.42 Å². The van der Waals surface area contributed by atoms with E-state index in [1.807, 2.05) is 12.1 Å². The van der Waals surface area contributed by atoms with Crippen molar-refractivity contribution in [3.63, 3.8) is 0 Å². The van der Waals surface area contributed by atoms with Crippen molar-refractivity contribution in [2.24, 2.45) is 0 Å². The topological polar surface area (TPSA) is 64.7 Å². The highest BCUT2D eigenvalue weighted by atomic mass is 16.3. The first-order valence-electron chi connectivity index (χ1n) is 17.8. The van der Waals surface area contributed by atoms with Gasteiger partial charge in [-0.1, -0.05) is 145 Å². The summed E-state index contributed by atoms with van der Waals surface area (Å²) in [6, 6.07) is 54.5. The highest BCUT2D eigenvalue weighted by Crippen LogP contribution is 2.46. The Kier molecular flexibility index (Phi) is 7.18. The lowest BCUT2D eigenvalue weighted by atomic mass is 9.89. The van der Waals surface area contributed by atoms with Gasteiger partial charge >= 0.3 is 0 Å². The molecular weight excluding hydrogens is 649 g/mol. The molecule has 250 valence electrons. The minimum absolute atomic E-state index is 0.600. The highest BCUT2D eigenvalue weighted by molar-refractivity contribution is 6.27. The highest BCUT2D eigenvalue weighted by Gasteiger charge is 2.22. The van der Waals surface area contributed by atoms with Crippen molar-refractivity contribution in [1.82, 2.24) is 19.9 Å². The molecule has 0 aliphatic heterocycles. The van der Waals surface area contributed by atoms with E-state index in [1.54, 1.807) is 0 Å². The van der Waals surface area contributed by atoms with Gasteiger partial charge in [0.05, 0.1) is 11.2 Å². The molecule has 0 atom stereocenters. The van der Waals surface area contributed by atoms with Gasteiger partial charge in [0, 0.05) is 54.7 Å². The van der Waals surface area contributed by atoms with Crippen molar-refractivity contribution in [1.29, 1.82) is 0 Å². The zero-order valence-corrected chi connectivity index (χ0v) is 29.2. The monoisotopic (exact) mass is 680 g/mol. The molecule has 5 nitrogen and oxygen atoms in total. The fourth-order valence-electron chi connectivity index (χ4n) is 7.40. The van der Waals surface area contributed by atoms with Crippen LogP contribution in [0.2, 0.25) is 0 Å². The number of hydrogen-bond donors (Lipinski definition) is 0. The third-order valence-corrected chi connectivity index (χ3v) is 10.0. The van der Waals surface area contributed by atoms with Crippen molar-refractivity contribution in [2.45, 2.75) is 13.8 Å². The van der Waals surface area contributed by atoms with Crippen LogP contribution >= 0.6 is 0 Å². The lowest BCUT2D eigenvalue weighted by Gasteiger charge is -2.16. The smallest absolute Gasteiger partial charge is 0.164 e. The van der Waals surface area contributed by atoms with E-state index in [0.29, 0.717) is 17.5 Å². The first-order chi connectivity index (χ1) is 26.1. The Balaban J connectivity index is 1.24. The average Bonchev–Trinajstić information content (AvgIpc) is 3.58. The Bertz CT molecular complexity index is 2940. The number of nitrogens with zero attached hydrogens (tertiary/aromatic N) is 4.